The molecule has 8 heteroatoms. The Morgan fingerprint density at radius 2 is 2.00 bits per heavy atom. The molecule has 104 valence electrons. The van der Waals surface area contributed by atoms with E-state index in [1.54, 1.807) is 12.1 Å². The minimum atomic E-state index is -2.95. The first kappa shape index (κ1) is 13.7. The highest BCUT2D eigenvalue weighted by molar-refractivity contribution is 5.85. The second-order valence-electron chi connectivity index (χ2n) is 3.59. The maximum Gasteiger partial charge on any atom is 0.387 e. The second-order valence-corrected chi connectivity index (χ2v) is 3.59. The van der Waals surface area contributed by atoms with Crippen LogP contribution in [-0.2, 0) is 0 Å². The Kier molecular flexibility index (Phi) is 4.04. The molecule has 0 bridgehead atoms. The number of aromatic carboxylic acids is 1. The molecule has 0 unspecified atom stereocenters. The smallest absolute Gasteiger partial charge is 0.387 e. The summed E-state index contributed by atoms with van der Waals surface area (Å²) in [6, 6.07) is 6.06. The van der Waals surface area contributed by atoms with Gasteiger partial charge >= 0.3 is 12.6 Å². The van der Waals surface area contributed by atoms with Gasteiger partial charge in [0.2, 0.25) is 0 Å². The lowest BCUT2D eigenvalue weighted by molar-refractivity contribution is -0.0493. The van der Waals surface area contributed by atoms with Crippen molar-refractivity contribution in [2.75, 3.05) is 5.32 Å². The molecule has 0 amide bonds. The molecule has 0 spiro atoms. The predicted octanol–water partition coefficient (Wildman–Crippen LogP) is 2.52. The van der Waals surface area contributed by atoms with Gasteiger partial charge in [-0.25, -0.2) is 14.8 Å². The molecular weight excluding hydrogens is 272 g/mol. The number of benzene rings is 1. The third kappa shape index (κ3) is 3.37. The molecule has 0 fully saturated rings. The second kappa shape index (κ2) is 5.91. The standard InChI is InChI=1S/C12H9F2N3O3/c13-12(14)20-9-4-2-1-3-7(9)17-10-6-15-8(5-16-10)11(18)19/h1-6,12H,(H,16,17)(H,18,19). The van der Waals surface area contributed by atoms with Crippen LogP contribution in [0, 0.1) is 0 Å². The maximum absolute atomic E-state index is 12.2. The fraction of sp³-hybridized carbons (Fsp3) is 0.0833. The molecule has 2 N–H and O–H groups in total. The van der Waals surface area contributed by atoms with Crippen molar-refractivity contribution >= 4 is 17.5 Å². The first-order chi connectivity index (χ1) is 9.56. The third-order valence-corrected chi connectivity index (χ3v) is 2.24. The van der Waals surface area contributed by atoms with E-state index >= 15 is 0 Å². The molecule has 0 saturated heterocycles. The molecule has 0 aliphatic rings. The highest BCUT2D eigenvalue weighted by Crippen LogP contribution is 2.27. The van der Waals surface area contributed by atoms with Crippen LogP contribution in [0.15, 0.2) is 36.7 Å². The summed E-state index contributed by atoms with van der Waals surface area (Å²) >= 11 is 0. The Balaban J connectivity index is 2.19. The van der Waals surface area contributed by atoms with Crippen molar-refractivity contribution < 1.29 is 23.4 Å². The van der Waals surface area contributed by atoms with Crippen LogP contribution >= 0.6 is 0 Å². The minimum Gasteiger partial charge on any atom is -0.476 e. The molecule has 2 rings (SSSR count). The van der Waals surface area contributed by atoms with Crippen molar-refractivity contribution in [2.24, 2.45) is 0 Å². The molecule has 0 atom stereocenters. The lowest BCUT2D eigenvalue weighted by Gasteiger charge is -2.11. The zero-order valence-corrected chi connectivity index (χ0v) is 9.96. The summed E-state index contributed by atoms with van der Waals surface area (Å²) in [7, 11) is 0. The van der Waals surface area contributed by atoms with E-state index in [1.165, 1.54) is 18.3 Å². The van der Waals surface area contributed by atoms with Crippen LogP contribution < -0.4 is 10.1 Å². The zero-order chi connectivity index (χ0) is 14.5. The van der Waals surface area contributed by atoms with Crippen molar-refractivity contribution in [3.63, 3.8) is 0 Å². The van der Waals surface area contributed by atoms with Gasteiger partial charge in [-0.1, -0.05) is 12.1 Å². The van der Waals surface area contributed by atoms with Crippen LogP contribution in [0.2, 0.25) is 0 Å². The van der Waals surface area contributed by atoms with Gasteiger partial charge in [0.15, 0.2) is 5.69 Å². The summed E-state index contributed by atoms with van der Waals surface area (Å²) in [5, 5.41) is 11.4. The van der Waals surface area contributed by atoms with Gasteiger partial charge in [0.1, 0.15) is 11.6 Å². The Labute approximate surface area is 112 Å². The van der Waals surface area contributed by atoms with Crippen molar-refractivity contribution in [1.82, 2.24) is 9.97 Å². The first-order valence-electron chi connectivity index (χ1n) is 5.42. The topological polar surface area (TPSA) is 84.3 Å². The van der Waals surface area contributed by atoms with Gasteiger partial charge < -0.3 is 15.2 Å². The van der Waals surface area contributed by atoms with Crippen LogP contribution in [0.25, 0.3) is 0 Å². The summed E-state index contributed by atoms with van der Waals surface area (Å²) in [5.41, 5.74) is 0.0536. The van der Waals surface area contributed by atoms with Crippen molar-refractivity contribution in [3.05, 3.63) is 42.4 Å². The van der Waals surface area contributed by atoms with Gasteiger partial charge in [-0.15, -0.1) is 0 Å². The Morgan fingerprint density at radius 1 is 1.25 bits per heavy atom. The largest absolute Gasteiger partial charge is 0.476 e. The van der Waals surface area contributed by atoms with Gasteiger partial charge in [-0.2, -0.15) is 8.78 Å². The zero-order valence-electron chi connectivity index (χ0n) is 9.96. The molecule has 0 radical (unpaired) electrons. The number of ether oxygens (including phenoxy) is 1. The summed E-state index contributed by atoms with van der Waals surface area (Å²) in [6.45, 7) is -2.95. The van der Waals surface area contributed by atoms with E-state index in [0.29, 0.717) is 0 Å². The number of rotatable bonds is 5. The summed E-state index contributed by atoms with van der Waals surface area (Å²) in [6.07, 6.45) is 2.24. The Hall–Kier alpha value is -2.77. The number of alkyl halides is 2. The van der Waals surface area contributed by atoms with E-state index in [1.807, 2.05) is 0 Å². The van der Waals surface area contributed by atoms with E-state index in [0.717, 1.165) is 6.20 Å². The number of hydrogen-bond donors (Lipinski definition) is 2. The molecule has 0 saturated carbocycles. The lowest BCUT2D eigenvalue weighted by Crippen LogP contribution is -2.06. The monoisotopic (exact) mass is 281 g/mol. The van der Waals surface area contributed by atoms with Gasteiger partial charge in [0.25, 0.3) is 0 Å². The van der Waals surface area contributed by atoms with Crippen LogP contribution in [0.3, 0.4) is 0 Å². The number of hydrogen-bond acceptors (Lipinski definition) is 5. The number of aromatic nitrogens is 2. The normalized spacial score (nSPS) is 10.3. The number of para-hydroxylation sites is 2. The molecule has 1 aromatic heterocycles. The maximum atomic E-state index is 12.2. The average molecular weight is 281 g/mol. The highest BCUT2D eigenvalue weighted by atomic mass is 19.3. The van der Waals surface area contributed by atoms with Gasteiger partial charge in [0, 0.05) is 0 Å². The third-order valence-electron chi connectivity index (χ3n) is 2.24. The number of carboxylic acids is 1. The van der Waals surface area contributed by atoms with Gasteiger partial charge in [-0.3, -0.25) is 0 Å². The van der Waals surface area contributed by atoms with Crippen LogP contribution in [0.5, 0.6) is 5.75 Å². The lowest BCUT2D eigenvalue weighted by atomic mass is 10.3. The molecule has 0 aliphatic heterocycles. The van der Waals surface area contributed by atoms with E-state index in [9.17, 15) is 13.6 Å². The van der Waals surface area contributed by atoms with Crippen LogP contribution in [0.1, 0.15) is 10.5 Å². The number of nitrogens with one attached hydrogen (secondary N) is 1. The van der Waals surface area contributed by atoms with E-state index in [2.05, 4.69) is 20.0 Å². The van der Waals surface area contributed by atoms with Crippen LogP contribution in [-0.4, -0.2) is 27.7 Å². The van der Waals surface area contributed by atoms with Crippen LogP contribution in [0.4, 0.5) is 20.3 Å². The molecule has 0 aliphatic carbocycles. The quantitative estimate of drug-likeness (QED) is 0.876. The summed E-state index contributed by atoms with van der Waals surface area (Å²) in [5.74, 6) is -1.04. The fourth-order valence-electron chi connectivity index (χ4n) is 1.41. The molecule has 1 aromatic carbocycles. The Bertz CT molecular complexity index is 605. The predicted molar refractivity (Wildman–Crippen MR) is 65.3 cm³/mol. The molecule has 1 heterocycles. The molecule has 6 nitrogen and oxygen atoms in total. The number of anilines is 2. The van der Waals surface area contributed by atoms with Crippen molar-refractivity contribution in [1.29, 1.82) is 0 Å². The summed E-state index contributed by atoms with van der Waals surface area (Å²) in [4.78, 5) is 18.1. The average Bonchev–Trinajstić information content (AvgIpc) is 2.41. The number of nitrogens with zero attached hydrogens (tertiary/aromatic N) is 2. The number of carboxylic acid groups (broad SMARTS) is 1. The molecule has 20 heavy (non-hydrogen) atoms. The van der Waals surface area contributed by atoms with Crippen molar-refractivity contribution in [2.45, 2.75) is 6.61 Å². The van der Waals surface area contributed by atoms with E-state index in [4.69, 9.17) is 5.11 Å². The van der Waals surface area contributed by atoms with Crippen molar-refractivity contribution in [3.8, 4) is 5.75 Å². The van der Waals surface area contributed by atoms with E-state index < -0.39 is 12.6 Å². The SMILES string of the molecule is O=C(O)c1cnc(Nc2ccccc2OC(F)F)cn1. The van der Waals surface area contributed by atoms with Gasteiger partial charge in [-0.05, 0) is 12.1 Å². The highest BCUT2D eigenvalue weighted by Gasteiger charge is 2.10. The van der Waals surface area contributed by atoms with Gasteiger partial charge in [0.05, 0.1) is 18.1 Å². The first-order valence-corrected chi connectivity index (χ1v) is 5.42. The molecular formula is C12H9F2N3O3. The molecule has 2 aromatic rings. The minimum absolute atomic E-state index is 0.0494. The number of carbonyl (C=O) groups is 1. The van der Waals surface area contributed by atoms with E-state index in [-0.39, 0.29) is 22.9 Å². The number of halogens is 2. The fourth-order valence-corrected chi connectivity index (χ4v) is 1.41. The Morgan fingerprint density at radius 3 is 2.60 bits per heavy atom. The summed E-state index contributed by atoms with van der Waals surface area (Å²) < 4.78 is 28.8.